The van der Waals surface area contributed by atoms with E-state index in [0.717, 1.165) is 44.8 Å². The Morgan fingerprint density at radius 1 is 1.30 bits per heavy atom. The van der Waals surface area contributed by atoms with Crippen molar-refractivity contribution in [2.75, 3.05) is 32.8 Å². The van der Waals surface area contributed by atoms with Gasteiger partial charge in [-0.3, -0.25) is 19.5 Å². The van der Waals surface area contributed by atoms with Gasteiger partial charge in [0, 0.05) is 32.4 Å². The minimum absolute atomic E-state index is 0.0115. The lowest BCUT2D eigenvalue weighted by Gasteiger charge is -2.26. The number of fused-ring (bicyclic) bond motifs is 1. The second-order valence-corrected chi connectivity index (χ2v) is 5.59. The summed E-state index contributed by atoms with van der Waals surface area (Å²) >= 11 is 0. The highest BCUT2D eigenvalue weighted by atomic mass is 16.5. The van der Waals surface area contributed by atoms with Crippen molar-refractivity contribution in [3.05, 3.63) is 40.3 Å². The first-order valence-electron chi connectivity index (χ1n) is 7.75. The molecule has 23 heavy (non-hydrogen) atoms. The number of amides is 1. The smallest absolute Gasteiger partial charge is 0.263 e. The van der Waals surface area contributed by atoms with Crippen LogP contribution in [-0.4, -0.2) is 53.2 Å². The van der Waals surface area contributed by atoms with Crippen molar-refractivity contribution in [2.24, 2.45) is 5.73 Å². The third-order valence-electron chi connectivity index (χ3n) is 4.09. The number of nitrogens with zero attached hydrogens (tertiary/aromatic N) is 3. The maximum Gasteiger partial charge on any atom is 0.263 e. The summed E-state index contributed by atoms with van der Waals surface area (Å²) in [5.74, 6) is -0.718. The zero-order chi connectivity index (χ0) is 16.2. The van der Waals surface area contributed by atoms with Crippen LogP contribution in [0, 0.1) is 0 Å². The van der Waals surface area contributed by atoms with Crippen molar-refractivity contribution in [3.8, 4) is 0 Å². The topological polar surface area (TPSA) is 90.5 Å². The van der Waals surface area contributed by atoms with Gasteiger partial charge in [0.25, 0.3) is 11.5 Å². The molecule has 2 aromatic rings. The van der Waals surface area contributed by atoms with E-state index in [-0.39, 0.29) is 11.1 Å². The van der Waals surface area contributed by atoms with Crippen molar-refractivity contribution in [3.63, 3.8) is 0 Å². The second-order valence-electron chi connectivity index (χ2n) is 5.59. The lowest BCUT2D eigenvalue weighted by atomic mass is 10.2. The van der Waals surface area contributed by atoms with Crippen LogP contribution in [0.3, 0.4) is 0 Å². The number of pyridine rings is 2. The Kier molecular flexibility index (Phi) is 4.68. The molecule has 122 valence electrons. The molecular weight excluding hydrogens is 296 g/mol. The molecule has 2 aromatic heterocycles. The third-order valence-corrected chi connectivity index (χ3v) is 4.09. The summed E-state index contributed by atoms with van der Waals surface area (Å²) in [6.07, 6.45) is 2.45. The van der Waals surface area contributed by atoms with E-state index in [1.165, 1.54) is 6.07 Å². The number of ether oxygens (including phenoxy) is 1. The Morgan fingerprint density at radius 2 is 2.09 bits per heavy atom. The van der Waals surface area contributed by atoms with Gasteiger partial charge in [-0.1, -0.05) is 0 Å². The van der Waals surface area contributed by atoms with Gasteiger partial charge in [0.2, 0.25) is 0 Å². The number of hydrogen-bond acceptors (Lipinski definition) is 5. The van der Waals surface area contributed by atoms with Gasteiger partial charge in [-0.2, -0.15) is 0 Å². The van der Waals surface area contributed by atoms with Gasteiger partial charge in [0.15, 0.2) is 0 Å². The molecule has 0 unspecified atom stereocenters. The fourth-order valence-electron chi connectivity index (χ4n) is 2.88. The van der Waals surface area contributed by atoms with Crippen molar-refractivity contribution >= 4 is 16.9 Å². The standard InChI is InChI=1S/C16H20N4O3/c17-15(21)12-11-13-14(3-1-4-18-13)20(16(12)22)6-2-5-19-7-9-23-10-8-19/h1,3-4,11H,2,5-10H2,(H2,17,21). The number of aromatic nitrogens is 2. The van der Waals surface area contributed by atoms with Crippen molar-refractivity contribution in [1.29, 1.82) is 0 Å². The minimum Gasteiger partial charge on any atom is -0.379 e. The van der Waals surface area contributed by atoms with Crippen molar-refractivity contribution in [1.82, 2.24) is 14.5 Å². The number of nitrogens with two attached hydrogens (primary N) is 1. The molecule has 2 N–H and O–H groups in total. The van der Waals surface area contributed by atoms with Gasteiger partial charge < -0.3 is 15.0 Å². The molecule has 0 spiro atoms. The van der Waals surface area contributed by atoms with Gasteiger partial charge in [-0.15, -0.1) is 0 Å². The lowest BCUT2D eigenvalue weighted by molar-refractivity contribution is 0.0369. The lowest BCUT2D eigenvalue weighted by Crippen LogP contribution is -2.37. The maximum absolute atomic E-state index is 12.5. The Labute approximate surface area is 133 Å². The molecule has 1 saturated heterocycles. The molecule has 0 radical (unpaired) electrons. The summed E-state index contributed by atoms with van der Waals surface area (Å²) in [6, 6.07) is 5.09. The SMILES string of the molecule is NC(=O)c1cc2ncccc2n(CCCN2CCOCC2)c1=O. The number of carbonyl (C=O) groups is 1. The van der Waals surface area contributed by atoms with Crippen LogP contribution in [0.5, 0.6) is 0 Å². The van der Waals surface area contributed by atoms with Crippen LogP contribution in [0.1, 0.15) is 16.8 Å². The summed E-state index contributed by atoms with van der Waals surface area (Å²) in [6.45, 7) is 4.75. The zero-order valence-corrected chi connectivity index (χ0v) is 12.9. The van der Waals surface area contributed by atoms with Crippen LogP contribution < -0.4 is 11.3 Å². The number of rotatable bonds is 5. The first-order valence-corrected chi connectivity index (χ1v) is 7.75. The fourth-order valence-corrected chi connectivity index (χ4v) is 2.88. The average molecular weight is 316 g/mol. The van der Waals surface area contributed by atoms with Crippen LogP contribution in [0.25, 0.3) is 11.0 Å². The Balaban J connectivity index is 1.84. The molecule has 0 bridgehead atoms. The molecule has 0 aromatic carbocycles. The molecule has 3 heterocycles. The summed E-state index contributed by atoms with van der Waals surface area (Å²) in [4.78, 5) is 30.5. The summed E-state index contributed by atoms with van der Waals surface area (Å²) in [5.41, 5.74) is 6.29. The predicted molar refractivity (Wildman–Crippen MR) is 86.4 cm³/mol. The maximum atomic E-state index is 12.5. The molecule has 7 nitrogen and oxygen atoms in total. The normalized spacial score (nSPS) is 15.8. The molecule has 0 saturated carbocycles. The van der Waals surface area contributed by atoms with Crippen molar-refractivity contribution in [2.45, 2.75) is 13.0 Å². The Hall–Kier alpha value is -2.25. The van der Waals surface area contributed by atoms with E-state index < -0.39 is 5.91 Å². The fraction of sp³-hybridized carbons (Fsp3) is 0.438. The molecule has 1 amide bonds. The van der Waals surface area contributed by atoms with E-state index in [1.807, 2.05) is 6.07 Å². The quantitative estimate of drug-likeness (QED) is 0.852. The van der Waals surface area contributed by atoms with Gasteiger partial charge in [-0.05, 0) is 24.6 Å². The summed E-state index contributed by atoms with van der Waals surface area (Å²) in [5, 5.41) is 0. The van der Waals surface area contributed by atoms with E-state index in [2.05, 4.69) is 9.88 Å². The molecule has 0 aliphatic carbocycles. The summed E-state index contributed by atoms with van der Waals surface area (Å²) in [7, 11) is 0. The third kappa shape index (κ3) is 3.40. The molecule has 3 rings (SSSR count). The minimum atomic E-state index is -0.718. The van der Waals surface area contributed by atoms with Crippen LogP contribution in [-0.2, 0) is 11.3 Å². The molecule has 1 fully saturated rings. The second kappa shape index (κ2) is 6.89. The monoisotopic (exact) mass is 316 g/mol. The van der Waals surface area contributed by atoms with Crippen molar-refractivity contribution < 1.29 is 9.53 Å². The number of aryl methyl sites for hydroxylation is 1. The number of hydrogen-bond donors (Lipinski definition) is 1. The first kappa shape index (κ1) is 15.6. The molecular formula is C16H20N4O3. The number of morpholine rings is 1. The highest BCUT2D eigenvalue weighted by Crippen LogP contribution is 2.11. The van der Waals surface area contributed by atoms with Crippen LogP contribution in [0.2, 0.25) is 0 Å². The van der Waals surface area contributed by atoms with Crippen LogP contribution in [0.4, 0.5) is 0 Å². The van der Waals surface area contributed by atoms with Gasteiger partial charge >= 0.3 is 0 Å². The molecule has 1 aliphatic rings. The van der Waals surface area contributed by atoms with Gasteiger partial charge in [0.05, 0.1) is 24.2 Å². The van der Waals surface area contributed by atoms with E-state index in [4.69, 9.17) is 10.5 Å². The van der Waals surface area contributed by atoms with Gasteiger partial charge in [0.1, 0.15) is 5.56 Å². The average Bonchev–Trinajstić information content (AvgIpc) is 2.57. The Morgan fingerprint density at radius 3 is 2.83 bits per heavy atom. The van der Waals surface area contributed by atoms with E-state index in [9.17, 15) is 9.59 Å². The largest absolute Gasteiger partial charge is 0.379 e. The number of carbonyl (C=O) groups excluding carboxylic acids is 1. The van der Waals surface area contributed by atoms with Crippen LogP contribution >= 0.6 is 0 Å². The van der Waals surface area contributed by atoms with E-state index in [1.54, 1.807) is 16.8 Å². The highest BCUT2D eigenvalue weighted by molar-refractivity contribution is 5.95. The highest BCUT2D eigenvalue weighted by Gasteiger charge is 2.14. The molecule has 1 aliphatic heterocycles. The van der Waals surface area contributed by atoms with E-state index >= 15 is 0 Å². The van der Waals surface area contributed by atoms with E-state index in [0.29, 0.717) is 12.1 Å². The van der Waals surface area contributed by atoms with Gasteiger partial charge in [-0.25, -0.2) is 0 Å². The molecule has 0 atom stereocenters. The van der Waals surface area contributed by atoms with Crippen LogP contribution in [0.15, 0.2) is 29.2 Å². The first-order chi connectivity index (χ1) is 11.2. The summed E-state index contributed by atoms with van der Waals surface area (Å²) < 4.78 is 6.93. The zero-order valence-electron chi connectivity index (χ0n) is 12.9. The predicted octanol–water partition coefficient (Wildman–Crippen LogP) is 0.218. The molecule has 7 heteroatoms. The Bertz CT molecular complexity index is 765. The number of primary amides is 1.